The number of aliphatic hydroxyl groups is 1. The van der Waals surface area contributed by atoms with Crippen LogP contribution in [0.15, 0.2) is 58.2 Å². The Labute approximate surface area is 206 Å². The summed E-state index contributed by atoms with van der Waals surface area (Å²) in [5.41, 5.74) is -1.42. The Hall–Kier alpha value is -3.46. The van der Waals surface area contributed by atoms with Gasteiger partial charge in [0.2, 0.25) is 0 Å². The summed E-state index contributed by atoms with van der Waals surface area (Å²) < 4.78 is 71.6. The normalized spacial score (nSPS) is 12.8. The van der Waals surface area contributed by atoms with Crippen LogP contribution in [0, 0.1) is 27.3 Å². The van der Waals surface area contributed by atoms with Gasteiger partial charge in [0.05, 0.1) is 36.3 Å². The van der Waals surface area contributed by atoms with E-state index in [0.717, 1.165) is 21.3 Å². The van der Waals surface area contributed by atoms with Gasteiger partial charge in [-0.15, -0.1) is 0 Å². The standard InChI is InChI=1S/C25H23F3N2O5S/c1-15-5-7-20(8-6-15)36(33,34)35-14-19(31)13-30-22(18-10-16(2)9-17(3)11-18)12-21(25(26,27)28)23(29-4)24(30)32/h5-12,19,31H,13-14H2,1-3H3. The van der Waals surface area contributed by atoms with Crippen molar-refractivity contribution in [2.24, 2.45) is 0 Å². The number of rotatable bonds is 7. The fourth-order valence-electron chi connectivity index (χ4n) is 3.71. The molecule has 0 saturated heterocycles. The number of aryl methyl sites for hydroxylation is 3. The Balaban J connectivity index is 2.02. The van der Waals surface area contributed by atoms with Crippen molar-refractivity contribution in [1.82, 2.24) is 4.57 Å². The predicted octanol–water partition coefficient (Wildman–Crippen LogP) is 4.78. The van der Waals surface area contributed by atoms with Crippen LogP contribution >= 0.6 is 0 Å². The molecule has 1 unspecified atom stereocenters. The van der Waals surface area contributed by atoms with E-state index >= 15 is 0 Å². The lowest BCUT2D eigenvalue weighted by atomic mass is 10.0. The number of halogens is 3. The molecule has 36 heavy (non-hydrogen) atoms. The highest BCUT2D eigenvalue weighted by Gasteiger charge is 2.36. The molecule has 0 radical (unpaired) electrons. The summed E-state index contributed by atoms with van der Waals surface area (Å²) in [6, 6.07) is 11.4. The van der Waals surface area contributed by atoms with E-state index in [9.17, 15) is 31.5 Å². The zero-order valence-corrected chi connectivity index (χ0v) is 20.4. The number of alkyl halides is 3. The molecule has 0 saturated carbocycles. The second-order valence-electron chi connectivity index (χ2n) is 8.40. The number of hydrogen-bond acceptors (Lipinski definition) is 5. The molecular formula is C25H23F3N2O5S. The van der Waals surface area contributed by atoms with Crippen molar-refractivity contribution in [1.29, 1.82) is 0 Å². The van der Waals surface area contributed by atoms with Gasteiger partial charge in [0.1, 0.15) is 0 Å². The van der Waals surface area contributed by atoms with Crippen LogP contribution in [0.1, 0.15) is 22.3 Å². The van der Waals surface area contributed by atoms with E-state index < -0.39 is 52.4 Å². The lowest BCUT2D eigenvalue weighted by molar-refractivity contribution is -0.137. The molecule has 0 aliphatic carbocycles. The number of aliphatic hydroxyl groups excluding tert-OH is 1. The largest absolute Gasteiger partial charge is 0.407 e. The molecule has 1 heterocycles. The monoisotopic (exact) mass is 520 g/mol. The molecule has 2 aromatic carbocycles. The molecule has 0 amide bonds. The third kappa shape index (κ3) is 6.02. The van der Waals surface area contributed by atoms with Gasteiger partial charge in [0.15, 0.2) is 0 Å². The summed E-state index contributed by atoms with van der Waals surface area (Å²) in [5, 5.41) is 10.5. The smallest absolute Gasteiger partial charge is 0.389 e. The lowest BCUT2D eigenvalue weighted by Gasteiger charge is -2.20. The number of benzene rings is 2. The summed E-state index contributed by atoms with van der Waals surface area (Å²) in [5.74, 6) is 0. The van der Waals surface area contributed by atoms with Crippen LogP contribution < -0.4 is 5.56 Å². The molecule has 11 heteroatoms. The average molecular weight is 521 g/mol. The maximum Gasteiger partial charge on any atom is 0.407 e. The van der Waals surface area contributed by atoms with E-state index in [4.69, 9.17) is 10.8 Å². The molecule has 1 atom stereocenters. The van der Waals surface area contributed by atoms with Gasteiger partial charge < -0.3 is 9.67 Å². The molecule has 0 aliphatic rings. The van der Waals surface area contributed by atoms with Gasteiger partial charge in [0.25, 0.3) is 21.4 Å². The van der Waals surface area contributed by atoms with Crippen LogP contribution in [0.2, 0.25) is 0 Å². The highest BCUT2D eigenvalue weighted by molar-refractivity contribution is 7.86. The predicted molar refractivity (Wildman–Crippen MR) is 127 cm³/mol. The Kier molecular flexibility index (Phi) is 7.73. The van der Waals surface area contributed by atoms with Crippen LogP contribution in [0.3, 0.4) is 0 Å². The minimum Gasteiger partial charge on any atom is -0.389 e. The Bertz CT molecular complexity index is 1470. The minimum atomic E-state index is -4.96. The molecule has 0 fully saturated rings. The topological polar surface area (TPSA) is 90.0 Å². The van der Waals surface area contributed by atoms with Gasteiger partial charge in [-0.3, -0.25) is 8.98 Å². The fraction of sp³-hybridized carbons (Fsp3) is 0.280. The first kappa shape index (κ1) is 27.1. The first-order chi connectivity index (χ1) is 16.7. The summed E-state index contributed by atoms with van der Waals surface area (Å²) in [4.78, 5) is 15.7. The zero-order chi connectivity index (χ0) is 26.8. The van der Waals surface area contributed by atoms with E-state index in [0.29, 0.717) is 6.07 Å². The van der Waals surface area contributed by atoms with E-state index in [1.54, 1.807) is 51.1 Å². The lowest BCUT2D eigenvalue weighted by Crippen LogP contribution is -2.32. The van der Waals surface area contributed by atoms with Gasteiger partial charge in [-0.2, -0.15) is 21.6 Å². The molecule has 1 N–H and O–H groups in total. The van der Waals surface area contributed by atoms with E-state index in [1.807, 2.05) is 0 Å². The SMILES string of the molecule is [C-]#[N+]c1c(C(F)(F)F)cc(-c2cc(C)cc(C)c2)n(CC(O)COS(=O)(=O)c2ccc(C)cc2)c1=O. The fourth-order valence-corrected chi connectivity index (χ4v) is 4.65. The van der Waals surface area contributed by atoms with Crippen molar-refractivity contribution >= 4 is 15.8 Å². The highest BCUT2D eigenvalue weighted by atomic mass is 32.2. The van der Waals surface area contributed by atoms with Gasteiger partial charge in [-0.25, -0.2) is 4.85 Å². The number of pyridine rings is 1. The molecule has 3 aromatic rings. The maximum atomic E-state index is 13.7. The van der Waals surface area contributed by atoms with Crippen LogP contribution in [-0.2, 0) is 27.0 Å². The van der Waals surface area contributed by atoms with Gasteiger partial charge in [-0.1, -0.05) is 34.9 Å². The molecule has 0 aliphatic heterocycles. The zero-order valence-electron chi connectivity index (χ0n) is 19.6. The number of nitrogens with zero attached hydrogens (tertiary/aromatic N) is 2. The Morgan fingerprint density at radius 2 is 1.61 bits per heavy atom. The summed E-state index contributed by atoms with van der Waals surface area (Å²) in [6.45, 7) is 11.0. The van der Waals surface area contributed by atoms with Crippen molar-refractivity contribution in [3.05, 3.63) is 92.6 Å². The second kappa shape index (κ2) is 10.3. The number of aromatic nitrogens is 1. The third-order valence-corrected chi connectivity index (χ3v) is 6.62. The minimum absolute atomic E-state index is 0.141. The van der Waals surface area contributed by atoms with E-state index in [1.165, 1.54) is 12.1 Å². The van der Waals surface area contributed by atoms with E-state index in [-0.39, 0.29) is 16.2 Å². The van der Waals surface area contributed by atoms with Crippen molar-refractivity contribution < 1.29 is 30.9 Å². The van der Waals surface area contributed by atoms with Crippen molar-refractivity contribution in [3.63, 3.8) is 0 Å². The molecule has 190 valence electrons. The summed E-state index contributed by atoms with van der Waals surface area (Å²) in [7, 11) is -4.23. The molecule has 1 aromatic heterocycles. The van der Waals surface area contributed by atoms with Crippen LogP contribution in [0.5, 0.6) is 0 Å². The van der Waals surface area contributed by atoms with Crippen LogP contribution in [-0.4, -0.2) is 30.8 Å². The van der Waals surface area contributed by atoms with Gasteiger partial charge >= 0.3 is 6.18 Å². The van der Waals surface area contributed by atoms with Crippen LogP contribution in [0.4, 0.5) is 18.9 Å². The molecular weight excluding hydrogens is 497 g/mol. The van der Waals surface area contributed by atoms with Gasteiger partial charge in [-0.05, 0) is 56.7 Å². The Morgan fingerprint density at radius 1 is 1.03 bits per heavy atom. The quantitative estimate of drug-likeness (QED) is 0.358. The molecule has 0 spiro atoms. The molecule has 3 rings (SSSR count). The highest BCUT2D eigenvalue weighted by Crippen LogP contribution is 2.37. The second-order valence-corrected chi connectivity index (χ2v) is 10.0. The number of hydrogen-bond donors (Lipinski definition) is 1. The summed E-state index contributed by atoms with van der Waals surface area (Å²) >= 11 is 0. The summed E-state index contributed by atoms with van der Waals surface area (Å²) in [6.07, 6.45) is -6.56. The molecule has 7 nitrogen and oxygen atoms in total. The Morgan fingerprint density at radius 3 is 2.14 bits per heavy atom. The van der Waals surface area contributed by atoms with Crippen molar-refractivity contribution in [2.45, 2.75) is 44.5 Å². The first-order valence-corrected chi connectivity index (χ1v) is 12.1. The first-order valence-electron chi connectivity index (χ1n) is 10.7. The average Bonchev–Trinajstić information content (AvgIpc) is 2.77. The van der Waals surface area contributed by atoms with E-state index in [2.05, 4.69) is 4.85 Å². The van der Waals surface area contributed by atoms with Crippen molar-refractivity contribution in [3.8, 4) is 11.3 Å². The molecule has 0 bridgehead atoms. The maximum absolute atomic E-state index is 13.7. The van der Waals surface area contributed by atoms with Crippen LogP contribution in [0.25, 0.3) is 16.1 Å². The van der Waals surface area contributed by atoms with Gasteiger partial charge in [0, 0.05) is 5.69 Å². The van der Waals surface area contributed by atoms with Crippen molar-refractivity contribution in [2.75, 3.05) is 6.61 Å². The third-order valence-electron chi connectivity index (χ3n) is 5.33.